The first-order valence-corrected chi connectivity index (χ1v) is 5.29. The van der Waals surface area contributed by atoms with Gasteiger partial charge in [0.1, 0.15) is 5.78 Å². The van der Waals surface area contributed by atoms with Gasteiger partial charge in [0.25, 0.3) is 0 Å². The Balaban J connectivity index is 2.29. The summed E-state index contributed by atoms with van der Waals surface area (Å²) in [6, 6.07) is 0.109. The Bertz CT molecular complexity index is 191. The van der Waals surface area contributed by atoms with Gasteiger partial charge in [-0.3, -0.25) is 9.69 Å². The number of rotatable bonds is 5. The van der Waals surface area contributed by atoms with Crippen LogP contribution in [-0.2, 0) is 4.79 Å². The van der Waals surface area contributed by atoms with Crippen LogP contribution >= 0.6 is 0 Å². The van der Waals surface area contributed by atoms with Gasteiger partial charge in [0, 0.05) is 13.0 Å². The van der Waals surface area contributed by atoms with Crippen molar-refractivity contribution >= 4 is 5.78 Å². The summed E-state index contributed by atoms with van der Waals surface area (Å²) in [5, 5.41) is 0. The second kappa shape index (κ2) is 4.23. The second-order valence-corrected chi connectivity index (χ2v) is 4.41. The number of likely N-dealkylation sites (N-methyl/N-ethyl adjacent to an activating group) is 1. The van der Waals surface area contributed by atoms with Crippen molar-refractivity contribution in [3.63, 3.8) is 0 Å². The molecule has 2 heteroatoms. The fourth-order valence-electron chi connectivity index (χ4n) is 1.72. The van der Waals surface area contributed by atoms with Crippen molar-refractivity contribution in [2.45, 2.75) is 39.7 Å². The van der Waals surface area contributed by atoms with Crippen LogP contribution in [0.1, 0.15) is 33.6 Å². The van der Waals surface area contributed by atoms with Gasteiger partial charge >= 0.3 is 0 Å². The van der Waals surface area contributed by atoms with Crippen molar-refractivity contribution in [3.05, 3.63) is 0 Å². The third kappa shape index (κ3) is 2.80. The lowest BCUT2D eigenvalue weighted by Gasteiger charge is -2.23. The fourth-order valence-corrected chi connectivity index (χ4v) is 1.72. The molecule has 0 bridgehead atoms. The molecule has 0 radical (unpaired) electrons. The highest BCUT2D eigenvalue weighted by Crippen LogP contribution is 2.38. The van der Waals surface area contributed by atoms with E-state index in [1.165, 1.54) is 6.42 Å². The maximum Gasteiger partial charge on any atom is 0.149 e. The summed E-state index contributed by atoms with van der Waals surface area (Å²) < 4.78 is 0. The molecule has 0 amide bonds. The van der Waals surface area contributed by atoms with E-state index in [9.17, 15) is 4.79 Å². The predicted molar refractivity (Wildman–Crippen MR) is 54.7 cm³/mol. The Hall–Kier alpha value is -0.370. The average Bonchev–Trinajstić information content (AvgIpc) is 2.79. The Morgan fingerprint density at radius 1 is 1.62 bits per heavy atom. The molecule has 0 aliphatic heterocycles. The second-order valence-electron chi connectivity index (χ2n) is 4.41. The quantitative estimate of drug-likeness (QED) is 0.649. The number of carbonyl (C=O) groups excluding carboxylic acids is 1. The zero-order chi connectivity index (χ0) is 10.0. The van der Waals surface area contributed by atoms with Crippen LogP contribution in [0.2, 0.25) is 0 Å². The van der Waals surface area contributed by atoms with Gasteiger partial charge in [-0.1, -0.05) is 13.8 Å². The molecule has 1 aliphatic rings. The summed E-state index contributed by atoms with van der Waals surface area (Å²) >= 11 is 0. The van der Waals surface area contributed by atoms with E-state index >= 15 is 0 Å². The smallest absolute Gasteiger partial charge is 0.149 e. The van der Waals surface area contributed by atoms with Gasteiger partial charge < -0.3 is 0 Å². The molecule has 0 N–H and O–H groups in total. The first kappa shape index (κ1) is 10.7. The van der Waals surface area contributed by atoms with Crippen LogP contribution in [-0.4, -0.2) is 30.3 Å². The monoisotopic (exact) mass is 183 g/mol. The minimum Gasteiger partial charge on any atom is -0.298 e. The maximum absolute atomic E-state index is 11.4. The van der Waals surface area contributed by atoms with Gasteiger partial charge in [0.2, 0.25) is 0 Å². The van der Waals surface area contributed by atoms with Crippen molar-refractivity contribution in [1.82, 2.24) is 4.90 Å². The van der Waals surface area contributed by atoms with E-state index in [0.29, 0.717) is 12.2 Å². The number of ketones is 1. The molecule has 1 aliphatic carbocycles. The van der Waals surface area contributed by atoms with Crippen molar-refractivity contribution in [2.75, 3.05) is 13.6 Å². The maximum atomic E-state index is 11.4. The van der Waals surface area contributed by atoms with E-state index < -0.39 is 0 Å². The van der Waals surface area contributed by atoms with Gasteiger partial charge in [0.05, 0.1) is 6.04 Å². The lowest BCUT2D eigenvalue weighted by atomic mass is 10.1. The zero-order valence-electron chi connectivity index (χ0n) is 9.21. The molecule has 0 spiro atoms. The van der Waals surface area contributed by atoms with Crippen LogP contribution in [0.3, 0.4) is 0 Å². The molecule has 3 atom stereocenters. The molecule has 1 saturated carbocycles. The number of hydrogen-bond acceptors (Lipinski definition) is 2. The Kier molecular flexibility index (Phi) is 3.48. The van der Waals surface area contributed by atoms with Crippen LogP contribution in [0, 0.1) is 11.8 Å². The normalized spacial score (nSPS) is 29.0. The summed E-state index contributed by atoms with van der Waals surface area (Å²) in [4.78, 5) is 13.6. The molecule has 0 aromatic rings. The number of hydrogen-bond donors (Lipinski definition) is 0. The van der Waals surface area contributed by atoms with Crippen molar-refractivity contribution in [2.24, 2.45) is 11.8 Å². The van der Waals surface area contributed by atoms with Crippen molar-refractivity contribution in [1.29, 1.82) is 0 Å². The molecule has 1 fully saturated rings. The average molecular weight is 183 g/mol. The van der Waals surface area contributed by atoms with Crippen LogP contribution in [0.15, 0.2) is 0 Å². The van der Waals surface area contributed by atoms with E-state index in [-0.39, 0.29) is 6.04 Å². The van der Waals surface area contributed by atoms with Crippen molar-refractivity contribution in [3.8, 4) is 0 Å². The highest BCUT2D eigenvalue weighted by Gasteiger charge is 2.34. The summed E-state index contributed by atoms with van der Waals surface area (Å²) in [6.45, 7) is 7.32. The highest BCUT2D eigenvalue weighted by molar-refractivity contribution is 5.83. The van der Waals surface area contributed by atoms with Crippen molar-refractivity contribution < 1.29 is 4.79 Å². The molecule has 2 nitrogen and oxygen atoms in total. The van der Waals surface area contributed by atoms with Gasteiger partial charge in [-0.05, 0) is 32.2 Å². The van der Waals surface area contributed by atoms with E-state index in [1.54, 1.807) is 0 Å². The van der Waals surface area contributed by atoms with Gasteiger partial charge in [-0.25, -0.2) is 0 Å². The Morgan fingerprint density at radius 3 is 2.54 bits per heavy atom. The summed E-state index contributed by atoms with van der Waals surface area (Å²) in [5.41, 5.74) is 0. The first-order chi connectivity index (χ1) is 6.06. The number of carbonyl (C=O) groups is 1. The molecular weight excluding hydrogens is 162 g/mol. The lowest BCUT2D eigenvalue weighted by Crippen LogP contribution is -2.37. The van der Waals surface area contributed by atoms with Crippen LogP contribution in [0.4, 0.5) is 0 Å². The van der Waals surface area contributed by atoms with Gasteiger partial charge in [-0.15, -0.1) is 0 Å². The third-order valence-electron chi connectivity index (χ3n) is 3.27. The summed E-state index contributed by atoms with van der Waals surface area (Å²) in [6.07, 6.45) is 2.00. The standard InChI is InChI=1S/C11H21NO/c1-5-11(13)9(3)12(4)7-10-6-8(10)2/h8-10H,5-7H2,1-4H3. The van der Waals surface area contributed by atoms with Crippen LogP contribution < -0.4 is 0 Å². The number of nitrogens with zero attached hydrogens (tertiary/aromatic N) is 1. The van der Waals surface area contributed by atoms with Crippen LogP contribution in [0.5, 0.6) is 0 Å². The minimum absolute atomic E-state index is 0.109. The van der Waals surface area contributed by atoms with Crippen LogP contribution in [0.25, 0.3) is 0 Å². The molecule has 0 saturated heterocycles. The lowest BCUT2D eigenvalue weighted by molar-refractivity contribution is -0.123. The zero-order valence-corrected chi connectivity index (χ0v) is 9.21. The Labute approximate surface area is 81.3 Å². The van der Waals surface area contributed by atoms with Gasteiger partial charge in [0.15, 0.2) is 0 Å². The molecule has 13 heavy (non-hydrogen) atoms. The van der Waals surface area contributed by atoms with E-state index in [4.69, 9.17) is 0 Å². The summed E-state index contributed by atoms with van der Waals surface area (Å²) in [5.74, 6) is 2.08. The van der Waals surface area contributed by atoms with E-state index in [1.807, 2.05) is 13.8 Å². The number of Topliss-reactive ketones (excluding diaryl/α,β-unsaturated/α-hetero) is 1. The van der Waals surface area contributed by atoms with Gasteiger partial charge in [-0.2, -0.15) is 0 Å². The predicted octanol–water partition coefficient (Wildman–Crippen LogP) is 1.94. The van der Waals surface area contributed by atoms with E-state index in [2.05, 4.69) is 18.9 Å². The minimum atomic E-state index is 0.109. The molecule has 0 aromatic carbocycles. The molecule has 0 heterocycles. The van der Waals surface area contributed by atoms with E-state index in [0.717, 1.165) is 18.4 Å². The largest absolute Gasteiger partial charge is 0.298 e. The highest BCUT2D eigenvalue weighted by atomic mass is 16.1. The molecule has 76 valence electrons. The first-order valence-electron chi connectivity index (χ1n) is 5.29. The fraction of sp³-hybridized carbons (Fsp3) is 0.909. The molecule has 1 rings (SSSR count). The molecule has 3 unspecified atom stereocenters. The topological polar surface area (TPSA) is 20.3 Å². The molecule has 0 aromatic heterocycles. The Morgan fingerprint density at radius 2 is 2.15 bits per heavy atom. The molecular formula is C11H21NO. The third-order valence-corrected chi connectivity index (χ3v) is 3.27. The summed E-state index contributed by atoms with van der Waals surface area (Å²) in [7, 11) is 2.06. The SMILES string of the molecule is CCC(=O)C(C)N(C)CC1CC1C.